The Kier molecular flexibility index (Phi) is 5.89. The van der Waals surface area contributed by atoms with Gasteiger partial charge in [-0.1, -0.05) is 18.2 Å². The maximum Gasteiger partial charge on any atom is 0.274 e. The number of benzene rings is 1. The van der Waals surface area contributed by atoms with Crippen LogP contribution in [0.5, 0.6) is 5.88 Å². The minimum absolute atomic E-state index is 0.0114. The number of fused-ring (bicyclic) bond motifs is 1. The van der Waals surface area contributed by atoms with Crippen LogP contribution >= 0.6 is 11.3 Å². The number of hydrogen-bond acceptors (Lipinski definition) is 5. The van der Waals surface area contributed by atoms with Gasteiger partial charge in [0.1, 0.15) is 5.69 Å². The quantitative estimate of drug-likeness (QED) is 0.367. The SMILES string of the molecule is COc1ccc(-c2sc(C)nc2C(=O)N(CCc2cn(C)c3ccccc23)CC2CC2)cn1. The molecule has 7 heteroatoms. The molecule has 4 aromatic rings. The van der Waals surface area contributed by atoms with E-state index in [2.05, 4.69) is 52.0 Å². The van der Waals surface area contributed by atoms with Crippen LogP contribution in [0.3, 0.4) is 0 Å². The molecule has 1 fully saturated rings. The number of thiazole rings is 1. The Bertz CT molecular complexity index is 1290. The molecular weight excluding hydrogens is 432 g/mol. The summed E-state index contributed by atoms with van der Waals surface area (Å²) < 4.78 is 7.35. The highest BCUT2D eigenvalue weighted by atomic mass is 32.1. The van der Waals surface area contributed by atoms with Gasteiger partial charge in [0.05, 0.1) is 17.0 Å². The highest BCUT2D eigenvalue weighted by molar-refractivity contribution is 7.15. The van der Waals surface area contributed by atoms with Crippen LogP contribution in [0.1, 0.15) is 33.9 Å². The zero-order chi connectivity index (χ0) is 22.9. The average molecular weight is 461 g/mol. The summed E-state index contributed by atoms with van der Waals surface area (Å²) in [6.45, 7) is 3.42. The van der Waals surface area contributed by atoms with E-state index in [1.54, 1.807) is 13.3 Å². The van der Waals surface area contributed by atoms with Gasteiger partial charge in [-0.15, -0.1) is 11.3 Å². The molecule has 0 aliphatic heterocycles. The maximum absolute atomic E-state index is 13.7. The van der Waals surface area contributed by atoms with Crippen LogP contribution < -0.4 is 4.74 Å². The summed E-state index contributed by atoms with van der Waals surface area (Å²) in [5, 5.41) is 2.14. The molecule has 1 aliphatic rings. The van der Waals surface area contributed by atoms with Crippen molar-refractivity contribution in [2.75, 3.05) is 20.2 Å². The van der Waals surface area contributed by atoms with Crippen LogP contribution in [0.2, 0.25) is 0 Å². The summed E-state index contributed by atoms with van der Waals surface area (Å²) in [5.74, 6) is 1.17. The number of rotatable bonds is 8. The molecule has 0 bridgehead atoms. The van der Waals surface area contributed by atoms with Crippen LogP contribution in [-0.4, -0.2) is 45.5 Å². The van der Waals surface area contributed by atoms with E-state index in [0.29, 0.717) is 24.0 Å². The third kappa shape index (κ3) is 4.50. The number of amides is 1. The Hall–Kier alpha value is -3.19. The Morgan fingerprint density at radius 1 is 1.24 bits per heavy atom. The van der Waals surface area contributed by atoms with Crippen molar-refractivity contribution in [1.29, 1.82) is 0 Å². The molecule has 0 saturated heterocycles. The second kappa shape index (κ2) is 8.98. The molecule has 3 heterocycles. The topological polar surface area (TPSA) is 60.2 Å². The Labute approximate surface area is 197 Å². The fraction of sp³-hybridized carbons (Fsp3) is 0.346. The molecule has 3 aromatic heterocycles. The minimum atomic E-state index is 0.0114. The predicted molar refractivity (Wildman–Crippen MR) is 132 cm³/mol. The molecule has 0 unspecified atom stereocenters. The summed E-state index contributed by atoms with van der Waals surface area (Å²) in [6, 6.07) is 12.2. The van der Waals surface area contributed by atoms with Crippen LogP contribution in [0.25, 0.3) is 21.3 Å². The van der Waals surface area contributed by atoms with Crippen LogP contribution in [0.15, 0.2) is 48.8 Å². The zero-order valence-corrected chi connectivity index (χ0v) is 20.1. The van der Waals surface area contributed by atoms with Gasteiger partial charge in [-0.05, 0) is 49.8 Å². The van der Waals surface area contributed by atoms with Crippen molar-refractivity contribution in [2.24, 2.45) is 13.0 Å². The van der Waals surface area contributed by atoms with Crippen molar-refractivity contribution in [1.82, 2.24) is 19.4 Å². The molecule has 1 aliphatic carbocycles. The molecule has 170 valence electrons. The molecule has 1 amide bonds. The maximum atomic E-state index is 13.7. The minimum Gasteiger partial charge on any atom is -0.481 e. The Balaban J connectivity index is 1.41. The molecule has 33 heavy (non-hydrogen) atoms. The van der Waals surface area contributed by atoms with Gasteiger partial charge in [-0.2, -0.15) is 0 Å². The predicted octanol–water partition coefficient (Wildman–Crippen LogP) is 5.11. The van der Waals surface area contributed by atoms with Gasteiger partial charge in [-0.25, -0.2) is 9.97 Å². The number of pyridine rings is 1. The van der Waals surface area contributed by atoms with E-state index >= 15 is 0 Å². The van der Waals surface area contributed by atoms with E-state index in [1.165, 1.54) is 40.6 Å². The second-order valence-corrected chi connectivity index (χ2v) is 9.93. The number of hydrogen-bond donors (Lipinski definition) is 0. The lowest BCUT2D eigenvalue weighted by Crippen LogP contribution is -2.35. The van der Waals surface area contributed by atoms with Crippen molar-refractivity contribution >= 4 is 28.1 Å². The van der Waals surface area contributed by atoms with Gasteiger partial charge < -0.3 is 14.2 Å². The molecule has 0 radical (unpaired) electrons. The first-order valence-corrected chi connectivity index (χ1v) is 12.1. The highest BCUT2D eigenvalue weighted by Gasteiger charge is 2.30. The number of aromatic nitrogens is 3. The third-order valence-electron chi connectivity index (χ3n) is 6.24. The molecular formula is C26H28N4O2S. The summed E-state index contributed by atoms with van der Waals surface area (Å²) in [5.41, 5.74) is 3.92. The lowest BCUT2D eigenvalue weighted by molar-refractivity contribution is 0.0745. The van der Waals surface area contributed by atoms with Crippen LogP contribution in [0.4, 0.5) is 0 Å². The van der Waals surface area contributed by atoms with E-state index in [-0.39, 0.29) is 5.91 Å². The molecule has 0 spiro atoms. The molecule has 0 atom stereocenters. The van der Waals surface area contributed by atoms with E-state index in [1.807, 2.05) is 24.0 Å². The van der Waals surface area contributed by atoms with Gasteiger partial charge in [0.15, 0.2) is 0 Å². The summed E-state index contributed by atoms with van der Waals surface area (Å²) in [6.07, 6.45) is 7.16. The van der Waals surface area contributed by atoms with Gasteiger partial charge in [0, 0.05) is 55.1 Å². The number of aryl methyl sites for hydroxylation is 2. The number of para-hydroxylation sites is 1. The smallest absolute Gasteiger partial charge is 0.274 e. The van der Waals surface area contributed by atoms with E-state index in [0.717, 1.165) is 28.4 Å². The largest absolute Gasteiger partial charge is 0.481 e. The summed E-state index contributed by atoms with van der Waals surface area (Å²) in [4.78, 5) is 25.6. The number of carbonyl (C=O) groups is 1. The first-order chi connectivity index (χ1) is 16.0. The van der Waals surface area contributed by atoms with E-state index in [9.17, 15) is 4.79 Å². The monoisotopic (exact) mass is 460 g/mol. The fourth-order valence-electron chi connectivity index (χ4n) is 4.32. The summed E-state index contributed by atoms with van der Waals surface area (Å²) in [7, 11) is 3.67. The van der Waals surface area contributed by atoms with Gasteiger partial charge in [0.25, 0.3) is 5.91 Å². The normalized spacial score (nSPS) is 13.4. The lowest BCUT2D eigenvalue weighted by atomic mass is 10.1. The van der Waals surface area contributed by atoms with Gasteiger partial charge in [-0.3, -0.25) is 4.79 Å². The van der Waals surface area contributed by atoms with E-state index < -0.39 is 0 Å². The van der Waals surface area contributed by atoms with Gasteiger partial charge >= 0.3 is 0 Å². The standard InChI is InChI=1S/C26H28N4O2S/c1-17-28-24(25(33-17)19-10-11-23(32-3)27-14-19)26(31)30(15-18-8-9-18)13-12-20-16-29(2)22-7-5-4-6-21(20)22/h4-7,10-11,14,16,18H,8-9,12-13,15H2,1-3H3. The lowest BCUT2D eigenvalue weighted by Gasteiger charge is -2.22. The number of nitrogens with zero attached hydrogens (tertiary/aromatic N) is 4. The molecule has 5 rings (SSSR count). The number of carbonyl (C=O) groups excluding carboxylic acids is 1. The van der Waals surface area contributed by atoms with Crippen molar-refractivity contribution in [2.45, 2.75) is 26.2 Å². The van der Waals surface area contributed by atoms with Crippen LogP contribution in [0, 0.1) is 12.8 Å². The molecule has 1 saturated carbocycles. The molecule has 6 nitrogen and oxygen atoms in total. The second-order valence-electron chi connectivity index (χ2n) is 8.73. The van der Waals surface area contributed by atoms with E-state index in [4.69, 9.17) is 4.74 Å². The highest BCUT2D eigenvalue weighted by Crippen LogP contribution is 2.34. The Morgan fingerprint density at radius 2 is 2.06 bits per heavy atom. The number of methoxy groups -OCH3 is 1. The summed E-state index contributed by atoms with van der Waals surface area (Å²) >= 11 is 1.54. The molecule has 1 aromatic carbocycles. The van der Waals surface area contributed by atoms with Gasteiger partial charge in [0.2, 0.25) is 5.88 Å². The van der Waals surface area contributed by atoms with Crippen molar-refractivity contribution in [3.8, 4) is 16.3 Å². The molecule has 0 N–H and O–H groups in total. The van der Waals surface area contributed by atoms with Crippen molar-refractivity contribution < 1.29 is 9.53 Å². The Morgan fingerprint density at radius 3 is 2.79 bits per heavy atom. The zero-order valence-electron chi connectivity index (χ0n) is 19.2. The number of ether oxygens (including phenoxy) is 1. The van der Waals surface area contributed by atoms with Crippen molar-refractivity contribution in [3.63, 3.8) is 0 Å². The van der Waals surface area contributed by atoms with Crippen LogP contribution in [-0.2, 0) is 13.5 Å². The third-order valence-corrected chi connectivity index (χ3v) is 7.26. The average Bonchev–Trinajstić information content (AvgIpc) is 3.49. The van der Waals surface area contributed by atoms with Crippen molar-refractivity contribution in [3.05, 3.63) is 65.1 Å². The first kappa shape index (κ1) is 21.6. The first-order valence-electron chi connectivity index (χ1n) is 11.3. The fourth-order valence-corrected chi connectivity index (χ4v) is 5.22.